The zero-order valence-corrected chi connectivity index (χ0v) is 7.96. The molecule has 0 saturated carbocycles. The average molecular weight is 192 g/mol. The average Bonchev–Trinajstić information content (AvgIpc) is 2.65. The van der Waals surface area contributed by atoms with Crippen LogP contribution in [0.25, 0.3) is 0 Å². The molecule has 1 fully saturated rings. The molecule has 3 rings (SSSR count). The van der Waals surface area contributed by atoms with E-state index in [4.69, 9.17) is 0 Å². The van der Waals surface area contributed by atoms with Crippen molar-refractivity contribution >= 4 is 11.4 Å². The van der Waals surface area contributed by atoms with Gasteiger partial charge in [0.25, 0.3) is 0 Å². The van der Waals surface area contributed by atoms with E-state index in [9.17, 15) is 4.39 Å². The van der Waals surface area contributed by atoms with Crippen LogP contribution in [0.4, 0.5) is 15.8 Å². The molecule has 0 bridgehead atoms. The molecule has 2 aliphatic heterocycles. The number of nitrogens with one attached hydrogen (secondary N) is 1. The van der Waals surface area contributed by atoms with Gasteiger partial charge in [-0.3, -0.25) is 0 Å². The number of halogens is 1. The third kappa shape index (κ3) is 1.08. The first kappa shape index (κ1) is 8.09. The number of rotatable bonds is 0. The van der Waals surface area contributed by atoms with E-state index >= 15 is 0 Å². The van der Waals surface area contributed by atoms with Gasteiger partial charge in [-0.05, 0) is 31.0 Å². The van der Waals surface area contributed by atoms with E-state index in [1.54, 1.807) is 12.1 Å². The Morgan fingerprint density at radius 1 is 1.43 bits per heavy atom. The second-order valence-corrected chi connectivity index (χ2v) is 4.03. The fourth-order valence-corrected chi connectivity index (χ4v) is 2.49. The van der Waals surface area contributed by atoms with Crippen LogP contribution >= 0.6 is 0 Å². The van der Waals surface area contributed by atoms with Crippen molar-refractivity contribution in [1.29, 1.82) is 0 Å². The molecule has 0 amide bonds. The van der Waals surface area contributed by atoms with Crippen LogP contribution in [0, 0.1) is 5.82 Å². The Hall–Kier alpha value is -1.25. The highest BCUT2D eigenvalue weighted by atomic mass is 19.1. The Morgan fingerprint density at radius 3 is 3.29 bits per heavy atom. The summed E-state index contributed by atoms with van der Waals surface area (Å²) < 4.78 is 13.0. The van der Waals surface area contributed by atoms with Gasteiger partial charge in [0.1, 0.15) is 5.82 Å². The number of anilines is 2. The molecule has 2 nitrogen and oxygen atoms in total. The van der Waals surface area contributed by atoms with Gasteiger partial charge in [0.2, 0.25) is 0 Å². The van der Waals surface area contributed by atoms with E-state index in [1.807, 2.05) is 6.07 Å². The molecular weight excluding hydrogens is 179 g/mol. The van der Waals surface area contributed by atoms with Gasteiger partial charge in [-0.1, -0.05) is 0 Å². The van der Waals surface area contributed by atoms with Gasteiger partial charge < -0.3 is 10.2 Å². The fraction of sp³-hybridized carbons (Fsp3) is 0.455. The first-order valence-electron chi connectivity index (χ1n) is 5.15. The molecule has 0 aliphatic carbocycles. The minimum atomic E-state index is -0.158. The number of fused-ring (bicyclic) bond motifs is 3. The lowest BCUT2D eigenvalue weighted by Gasteiger charge is -2.34. The predicted octanol–water partition coefficient (Wildman–Crippen LogP) is 2.22. The summed E-state index contributed by atoms with van der Waals surface area (Å²) in [5.74, 6) is -0.158. The molecular formula is C11H13FN2. The predicted molar refractivity (Wildman–Crippen MR) is 55.3 cm³/mol. The fourth-order valence-electron chi connectivity index (χ4n) is 2.49. The van der Waals surface area contributed by atoms with Crippen LogP contribution in [0.1, 0.15) is 12.8 Å². The highest BCUT2D eigenvalue weighted by Crippen LogP contribution is 2.36. The maximum atomic E-state index is 13.0. The summed E-state index contributed by atoms with van der Waals surface area (Å²) in [6, 6.07) is 5.63. The number of benzene rings is 1. The summed E-state index contributed by atoms with van der Waals surface area (Å²) in [5, 5.41) is 3.29. The smallest absolute Gasteiger partial charge is 0.125 e. The normalized spacial score (nSPS) is 24.1. The zero-order valence-electron chi connectivity index (χ0n) is 7.96. The zero-order chi connectivity index (χ0) is 9.54. The van der Waals surface area contributed by atoms with Gasteiger partial charge in [0.05, 0.1) is 11.4 Å². The van der Waals surface area contributed by atoms with E-state index in [0.29, 0.717) is 6.04 Å². The number of hydrogen-bond acceptors (Lipinski definition) is 2. The molecule has 3 heteroatoms. The second kappa shape index (κ2) is 2.87. The Kier molecular flexibility index (Phi) is 1.66. The van der Waals surface area contributed by atoms with E-state index in [2.05, 4.69) is 10.2 Å². The molecule has 1 unspecified atom stereocenters. The van der Waals surface area contributed by atoms with Crippen LogP contribution in [0.2, 0.25) is 0 Å². The highest BCUT2D eigenvalue weighted by molar-refractivity contribution is 5.73. The monoisotopic (exact) mass is 192 g/mol. The van der Waals surface area contributed by atoms with Gasteiger partial charge in [0.15, 0.2) is 0 Å². The van der Waals surface area contributed by atoms with Crippen molar-refractivity contribution in [3.63, 3.8) is 0 Å². The molecule has 74 valence electrons. The lowest BCUT2D eigenvalue weighted by atomic mass is 10.1. The highest BCUT2D eigenvalue weighted by Gasteiger charge is 2.29. The first-order chi connectivity index (χ1) is 6.84. The molecule has 2 heterocycles. The molecule has 1 saturated heterocycles. The van der Waals surface area contributed by atoms with E-state index in [1.165, 1.54) is 18.5 Å². The Balaban J connectivity index is 2.05. The van der Waals surface area contributed by atoms with Crippen molar-refractivity contribution in [3.8, 4) is 0 Å². The molecule has 0 radical (unpaired) electrons. The minimum Gasteiger partial charge on any atom is -0.381 e. The number of nitrogens with zero attached hydrogens (tertiary/aromatic N) is 1. The van der Waals surface area contributed by atoms with Gasteiger partial charge in [-0.15, -0.1) is 0 Å². The van der Waals surface area contributed by atoms with Crippen molar-refractivity contribution in [2.75, 3.05) is 23.3 Å². The molecule has 0 aromatic heterocycles. The molecule has 1 N–H and O–H groups in total. The van der Waals surface area contributed by atoms with E-state index in [0.717, 1.165) is 18.8 Å². The molecule has 1 aromatic rings. The van der Waals surface area contributed by atoms with Crippen LogP contribution in [0.3, 0.4) is 0 Å². The summed E-state index contributed by atoms with van der Waals surface area (Å²) in [6.45, 7) is 2.07. The topological polar surface area (TPSA) is 15.3 Å². The summed E-state index contributed by atoms with van der Waals surface area (Å²) >= 11 is 0. The van der Waals surface area contributed by atoms with Gasteiger partial charge >= 0.3 is 0 Å². The SMILES string of the molecule is Fc1ccc2c(c1)NCC1CCCN21. The van der Waals surface area contributed by atoms with Crippen molar-refractivity contribution < 1.29 is 4.39 Å². The van der Waals surface area contributed by atoms with Crippen molar-refractivity contribution in [1.82, 2.24) is 0 Å². The quantitative estimate of drug-likeness (QED) is 0.678. The summed E-state index contributed by atoms with van der Waals surface area (Å²) in [6.07, 6.45) is 2.51. The van der Waals surface area contributed by atoms with Crippen LogP contribution in [-0.4, -0.2) is 19.1 Å². The summed E-state index contributed by atoms with van der Waals surface area (Å²) in [5.41, 5.74) is 2.11. The Bertz CT molecular complexity index is 364. The van der Waals surface area contributed by atoms with Crippen LogP contribution in [0.5, 0.6) is 0 Å². The molecule has 14 heavy (non-hydrogen) atoms. The standard InChI is InChI=1S/C11H13FN2/c12-8-3-4-11-10(6-8)13-7-9-2-1-5-14(9)11/h3-4,6,9,13H,1-2,5,7H2. The van der Waals surface area contributed by atoms with E-state index < -0.39 is 0 Å². The van der Waals surface area contributed by atoms with Crippen LogP contribution in [0.15, 0.2) is 18.2 Å². The molecule has 2 aliphatic rings. The Morgan fingerprint density at radius 2 is 2.36 bits per heavy atom. The third-order valence-corrected chi connectivity index (χ3v) is 3.17. The third-order valence-electron chi connectivity index (χ3n) is 3.17. The van der Waals surface area contributed by atoms with E-state index in [-0.39, 0.29) is 5.82 Å². The maximum absolute atomic E-state index is 13.0. The molecule has 1 aromatic carbocycles. The van der Waals surface area contributed by atoms with Crippen LogP contribution < -0.4 is 10.2 Å². The second-order valence-electron chi connectivity index (χ2n) is 4.03. The van der Waals surface area contributed by atoms with Gasteiger partial charge in [-0.2, -0.15) is 0 Å². The summed E-state index contributed by atoms with van der Waals surface area (Å²) in [4.78, 5) is 2.39. The Labute approximate surface area is 82.7 Å². The lowest BCUT2D eigenvalue weighted by molar-refractivity contribution is 0.624. The van der Waals surface area contributed by atoms with Crippen LogP contribution in [-0.2, 0) is 0 Å². The first-order valence-corrected chi connectivity index (χ1v) is 5.15. The number of hydrogen-bond donors (Lipinski definition) is 1. The summed E-state index contributed by atoms with van der Waals surface area (Å²) in [7, 11) is 0. The van der Waals surface area contributed by atoms with Crippen molar-refractivity contribution in [2.45, 2.75) is 18.9 Å². The van der Waals surface area contributed by atoms with Crippen molar-refractivity contribution in [3.05, 3.63) is 24.0 Å². The largest absolute Gasteiger partial charge is 0.381 e. The van der Waals surface area contributed by atoms with Crippen molar-refractivity contribution in [2.24, 2.45) is 0 Å². The minimum absolute atomic E-state index is 0.158. The molecule has 1 atom stereocenters. The molecule has 0 spiro atoms. The van der Waals surface area contributed by atoms with Gasteiger partial charge in [-0.25, -0.2) is 4.39 Å². The van der Waals surface area contributed by atoms with Gasteiger partial charge in [0, 0.05) is 19.1 Å². The maximum Gasteiger partial charge on any atom is 0.125 e. The lowest BCUT2D eigenvalue weighted by Crippen LogP contribution is -2.39.